The fraction of sp³-hybridized carbons (Fsp3) is 0.111. The number of nitrogens with one attached hydrogen (secondary N) is 1. The maximum Gasteiger partial charge on any atom is 0.276 e. The van der Waals surface area contributed by atoms with Crippen LogP contribution in [0.2, 0.25) is 10.0 Å². The van der Waals surface area contributed by atoms with Gasteiger partial charge in [0.1, 0.15) is 0 Å². The number of aromatic nitrogens is 2. The zero-order chi connectivity index (χ0) is 20.3. The van der Waals surface area contributed by atoms with Gasteiger partial charge in [-0.15, -0.1) is 0 Å². The Bertz CT molecular complexity index is 1030. The molecular formula is C18H14Cl2N4O4. The Labute approximate surface area is 169 Å². The summed E-state index contributed by atoms with van der Waals surface area (Å²) in [6.45, 7) is 1.68. The molecular weight excluding hydrogens is 407 g/mol. The number of hydrogen-bond acceptors (Lipinski definition) is 5. The molecule has 0 aliphatic carbocycles. The number of anilines is 1. The molecule has 2 aromatic carbocycles. The maximum atomic E-state index is 12.4. The first-order chi connectivity index (χ1) is 13.3. The normalized spacial score (nSPS) is 10.5. The highest BCUT2D eigenvalue weighted by Crippen LogP contribution is 2.32. The smallest absolute Gasteiger partial charge is 0.276 e. The van der Waals surface area contributed by atoms with Crippen molar-refractivity contribution in [2.75, 3.05) is 5.32 Å². The van der Waals surface area contributed by atoms with Crippen LogP contribution in [0.3, 0.4) is 0 Å². The van der Waals surface area contributed by atoms with Crippen LogP contribution in [0, 0.1) is 17.0 Å². The van der Waals surface area contributed by atoms with Gasteiger partial charge in [0.15, 0.2) is 18.2 Å². The van der Waals surface area contributed by atoms with Crippen molar-refractivity contribution in [1.29, 1.82) is 0 Å². The second-order valence-corrected chi connectivity index (χ2v) is 6.59. The average molecular weight is 421 g/mol. The number of hydrogen-bond donors (Lipinski definition) is 1. The number of para-hydroxylation sites is 1. The van der Waals surface area contributed by atoms with Gasteiger partial charge in [-0.05, 0) is 36.8 Å². The van der Waals surface area contributed by atoms with E-state index in [1.54, 1.807) is 31.3 Å². The number of carbonyl (C=O) groups is 1. The number of carbonyl (C=O) groups excluding carboxylic acids is 1. The van der Waals surface area contributed by atoms with Crippen LogP contribution in [0.4, 0.5) is 11.4 Å². The first-order valence-corrected chi connectivity index (χ1v) is 8.77. The highest BCUT2D eigenvalue weighted by Gasteiger charge is 2.14. The molecule has 0 unspecified atom stereocenters. The number of ether oxygens (including phenoxy) is 1. The highest BCUT2D eigenvalue weighted by atomic mass is 35.5. The Balaban J connectivity index is 1.66. The third-order valence-corrected chi connectivity index (χ3v) is 4.40. The van der Waals surface area contributed by atoms with Crippen LogP contribution in [0.1, 0.15) is 16.1 Å². The van der Waals surface area contributed by atoms with E-state index in [2.05, 4.69) is 10.4 Å². The molecule has 0 bridgehead atoms. The minimum Gasteiger partial charge on any atom is -0.468 e. The van der Waals surface area contributed by atoms with E-state index in [4.69, 9.17) is 27.9 Å². The van der Waals surface area contributed by atoms with Crippen molar-refractivity contribution >= 4 is 40.5 Å². The molecule has 0 spiro atoms. The van der Waals surface area contributed by atoms with Gasteiger partial charge in [0.05, 0.1) is 15.0 Å². The summed E-state index contributed by atoms with van der Waals surface area (Å²) >= 11 is 12.1. The molecule has 0 aliphatic rings. The lowest BCUT2D eigenvalue weighted by Crippen LogP contribution is -2.15. The number of rotatable bonds is 6. The lowest BCUT2D eigenvalue weighted by Gasteiger charge is -2.09. The number of amides is 1. The van der Waals surface area contributed by atoms with Crippen molar-refractivity contribution in [2.45, 2.75) is 13.7 Å². The number of non-ortho nitro benzene ring substituents is 1. The van der Waals surface area contributed by atoms with Crippen LogP contribution >= 0.6 is 23.2 Å². The van der Waals surface area contributed by atoms with E-state index < -0.39 is 10.8 Å². The number of nitro groups is 1. The number of nitro benzene ring substituents is 1. The molecule has 0 radical (unpaired) electrons. The molecule has 10 heteroatoms. The van der Waals surface area contributed by atoms with Crippen LogP contribution in [-0.4, -0.2) is 20.6 Å². The molecule has 0 fully saturated rings. The summed E-state index contributed by atoms with van der Waals surface area (Å²) in [6, 6.07) is 10.7. The maximum absolute atomic E-state index is 12.4. The summed E-state index contributed by atoms with van der Waals surface area (Å²) in [5.74, 6) is -0.125. The van der Waals surface area contributed by atoms with Gasteiger partial charge in [0.2, 0.25) is 0 Å². The number of nitrogens with zero attached hydrogens (tertiary/aromatic N) is 3. The van der Waals surface area contributed by atoms with Crippen molar-refractivity contribution in [1.82, 2.24) is 9.78 Å². The summed E-state index contributed by atoms with van der Waals surface area (Å²) in [5.41, 5.74) is 1.14. The summed E-state index contributed by atoms with van der Waals surface area (Å²) in [6.07, 6.45) is 1.57. The van der Waals surface area contributed by atoms with E-state index in [1.165, 1.54) is 28.9 Å². The van der Waals surface area contributed by atoms with Gasteiger partial charge in [0.25, 0.3) is 11.6 Å². The molecule has 28 heavy (non-hydrogen) atoms. The summed E-state index contributed by atoms with van der Waals surface area (Å²) < 4.78 is 6.97. The van der Waals surface area contributed by atoms with Gasteiger partial charge in [-0.3, -0.25) is 14.9 Å². The van der Waals surface area contributed by atoms with Crippen molar-refractivity contribution in [2.24, 2.45) is 0 Å². The van der Waals surface area contributed by atoms with Crippen LogP contribution in [-0.2, 0) is 6.73 Å². The summed E-state index contributed by atoms with van der Waals surface area (Å²) in [5, 5.41) is 18.3. The monoisotopic (exact) mass is 420 g/mol. The SMILES string of the molecule is Cc1cc([N+](=O)[O-])ccc1NC(=O)c1ccn(COc2c(Cl)cccc2Cl)n1. The molecule has 3 rings (SSSR count). The van der Waals surface area contributed by atoms with Gasteiger partial charge in [-0.1, -0.05) is 29.3 Å². The minimum atomic E-state index is -0.495. The first-order valence-electron chi connectivity index (χ1n) is 8.02. The van der Waals surface area contributed by atoms with Gasteiger partial charge in [-0.2, -0.15) is 5.10 Å². The van der Waals surface area contributed by atoms with Crippen LogP contribution in [0.15, 0.2) is 48.7 Å². The van der Waals surface area contributed by atoms with Crippen molar-refractivity contribution in [3.63, 3.8) is 0 Å². The van der Waals surface area contributed by atoms with E-state index >= 15 is 0 Å². The zero-order valence-corrected chi connectivity index (χ0v) is 16.1. The Morgan fingerprint density at radius 2 is 1.96 bits per heavy atom. The Kier molecular flexibility index (Phi) is 5.81. The van der Waals surface area contributed by atoms with E-state index in [9.17, 15) is 14.9 Å². The molecule has 3 aromatic rings. The third-order valence-electron chi connectivity index (χ3n) is 3.80. The molecule has 0 aliphatic heterocycles. The first kappa shape index (κ1) is 19.7. The lowest BCUT2D eigenvalue weighted by molar-refractivity contribution is -0.384. The predicted molar refractivity (Wildman–Crippen MR) is 105 cm³/mol. The molecule has 0 saturated heterocycles. The van der Waals surface area contributed by atoms with Gasteiger partial charge >= 0.3 is 0 Å². The quantitative estimate of drug-likeness (QED) is 0.460. The zero-order valence-electron chi connectivity index (χ0n) is 14.6. The topological polar surface area (TPSA) is 99.3 Å². The average Bonchev–Trinajstić information content (AvgIpc) is 3.12. The molecule has 1 amide bonds. The van der Waals surface area contributed by atoms with E-state index in [-0.39, 0.29) is 18.1 Å². The van der Waals surface area contributed by atoms with E-state index in [0.29, 0.717) is 27.0 Å². The number of halogens is 2. The molecule has 0 atom stereocenters. The lowest BCUT2D eigenvalue weighted by atomic mass is 10.1. The van der Waals surface area contributed by atoms with Crippen molar-refractivity contribution in [3.05, 3.63) is 80.1 Å². The molecule has 0 saturated carbocycles. The Morgan fingerprint density at radius 3 is 2.61 bits per heavy atom. The van der Waals surface area contributed by atoms with Crippen LogP contribution in [0.5, 0.6) is 5.75 Å². The highest BCUT2D eigenvalue weighted by molar-refractivity contribution is 6.37. The molecule has 1 N–H and O–H groups in total. The van der Waals surface area contributed by atoms with E-state index in [0.717, 1.165) is 0 Å². The summed E-state index contributed by atoms with van der Waals surface area (Å²) in [7, 11) is 0. The van der Waals surface area contributed by atoms with Crippen LogP contribution in [0.25, 0.3) is 0 Å². The molecule has 1 aromatic heterocycles. The van der Waals surface area contributed by atoms with Crippen molar-refractivity contribution < 1.29 is 14.5 Å². The third kappa shape index (κ3) is 4.41. The van der Waals surface area contributed by atoms with E-state index in [1.807, 2.05) is 0 Å². The van der Waals surface area contributed by atoms with Gasteiger partial charge in [0, 0.05) is 24.0 Å². The fourth-order valence-electron chi connectivity index (χ4n) is 2.39. The molecule has 8 nitrogen and oxygen atoms in total. The Morgan fingerprint density at radius 1 is 1.25 bits per heavy atom. The van der Waals surface area contributed by atoms with Gasteiger partial charge in [-0.25, -0.2) is 4.68 Å². The second-order valence-electron chi connectivity index (χ2n) is 5.78. The standard InChI is InChI=1S/C18H14Cl2N4O4/c1-11-9-12(24(26)27)5-6-15(11)21-18(25)16-7-8-23(22-16)10-28-17-13(19)3-2-4-14(17)20/h2-9H,10H2,1H3,(H,21,25). The molecule has 144 valence electrons. The van der Waals surface area contributed by atoms with Gasteiger partial charge < -0.3 is 10.1 Å². The number of benzene rings is 2. The minimum absolute atomic E-state index is 0.00723. The molecule has 1 heterocycles. The van der Waals surface area contributed by atoms with Crippen molar-refractivity contribution in [3.8, 4) is 5.75 Å². The number of aryl methyl sites for hydroxylation is 1. The second kappa shape index (κ2) is 8.28. The largest absolute Gasteiger partial charge is 0.468 e. The fourth-order valence-corrected chi connectivity index (χ4v) is 2.90. The van der Waals surface area contributed by atoms with Crippen LogP contribution < -0.4 is 10.1 Å². The predicted octanol–water partition coefficient (Wildman–Crippen LogP) is 4.70. The Hall–Kier alpha value is -3.10. The summed E-state index contributed by atoms with van der Waals surface area (Å²) in [4.78, 5) is 22.7.